The second kappa shape index (κ2) is 12.3. The standard InChI is InChI=1S/C35H5BF18O2/c37-7-3-1-5-9(18(7)39)20(41)31(52)29(50)17(5)36(55-34-6-2-4-8(38)19(40)10(6)21(42)32(34)53)56-35-16-12-11-13(22(43)23(44)15(12)27(48)33(35)54)25(46)30(51)26(47)14(11)24(45)28(16)49/h1-4,34H. The van der Waals surface area contributed by atoms with E-state index in [1.807, 2.05) is 0 Å². The molecule has 0 N–H and O–H groups in total. The lowest BCUT2D eigenvalue weighted by atomic mass is 9.74. The Kier molecular flexibility index (Phi) is 8.16. The van der Waals surface area contributed by atoms with Gasteiger partial charge in [0.1, 0.15) is 6.10 Å². The molecule has 21 heteroatoms. The molecule has 0 bridgehead atoms. The highest BCUT2D eigenvalue weighted by Gasteiger charge is 2.45. The van der Waals surface area contributed by atoms with Crippen molar-refractivity contribution >= 4 is 61.5 Å². The normalized spacial score (nSPS) is 14.4. The van der Waals surface area contributed by atoms with Crippen LogP contribution in [0.4, 0.5) is 79.0 Å². The molecule has 1 unspecified atom stereocenters. The van der Waals surface area contributed by atoms with Crippen LogP contribution in [-0.4, -0.2) is 7.12 Å². The molecule has 0 amide bonds. The predicted octanol–water partition coefficient (Wildman–Crippen LogP) is 11.1. The third kappa shape index (κ3) is 4.62. The molecule has 0 saturated heterocycles. The van der Waals surface area contributed by atoms with E-state index in [1.54, 1.807) is 0 Å². The van der Waals surface area contributed by atoms with Gasteiger partial charge in [0, 0.05) is 16.2 Å². The van der Waals surface area contributed by atoms with Gasteiger partial charge in [-0.15, -0.1) is 0 Å². The van der Waals surface area contributed by atoms with Gasteiger partial charge in [-0.25, -0.2) is 74.6 Å². The molecule has 0 spiro atoms. The summed E-state index contributed by atoms with van der Waals surface area (Å²) in [7, 11) is -3.44. The molecule has 1 aliphatic rings. The Morgan fingerprint density at radius 3 is 1.43 bits per heavy atom. The number of hydrogen-bond donors (Lipinski definition) is 0. The van der Waals surface area contributed by atoms with Crippen LogP contribution < -0.4 is 10.1 Å². The molecule has 0 aliphatic heterocycles. The van der Waals surface area contributed by atoms with Gasteiger partial charge in [0.05, 0.1) is 32.5 Å². The van der Waals surface area contributed by atoms with Gasteiger partial charge in [0.15, 0.2) is 110 Å². The Hall–Kier alpha value is -5.86. The molecule has 1 atom stereocenters. The van der Waals surface area contributed by atoms with E-state index in [0.29, 0.717) is 6.07 Å². The van der Waals surface area contributed by atoms with Gasteiger partial charge in [-0.05, 0) is 23.1 Å². The molecule has 7 aromatic carbocycles. The molecule has 1 aliphatic carbocycles. The number of rotatable bonds is 5. The fourth-order valence-corrected chi connectivity index (χ4v) is 6.76. The summed E-state index contributed by atoms with van der Waals surface area (Å²) in [6.07, 6.45) is -2.87. The first-order chi connectivity index (χ1) is 26.3. The Morgan fingerprint density at radius 2 is 0.839 bits per heavy atom. The topological polar surface area (TPSA) is 18.5 Å². The monoisotopic (exact) mass is 810 g/mol. The second-order valence-corrected chi connectivity index (χ2v) is 12.0. The fourth-order valence-electron chi connectivity index (χ4n) is 6.76. The zero-order valence-corrected chi connectivity index (χ0v) is 26.1. The van der Waals surface area contributed by atoms with Crippen molar-refractivity contribution in [2.24, 2.45) is 0 Å². The second-order valence-electron chi connectivity index (χ2n) is 12.0. The van der Waals surface area contributed by atoms with Crippen molar-refractivity contribution in [1.82, 2.24) is 0 Å². The maximum absolute atomic E-state index is 16.0. The summed E-state index contributed by atoms with van der Waals surface area (Å²) in [5, 5.41) is -14.7. The van der Waals surface area contributed by atoms with Crippen LogP contribution in [0.2, 0.25) is 0 Å². The third-order valence-corrected chi connectivity index (χ3v) is 9.19. The van der Waals surface area contributed by atoms with Crippen molar-refractivity contribution in [3.05, 3.63) is 134 Å². The van der Waals surface area contributed by atoms with Crippen LogP contribution in [-0.2, 0) is 4.65 Å². The summed E-state index contributed by atoms with van der Waals surface area (Å²) in [6, 6.07) is 1.07. The highest BCUT2D eigenvalue weighted by Crippen LogP contribution is 2.50. The van der Waals surface area contributed by atoms with E-state index in [4.69, 9.17) is 9.31 Å². The summed E-state index contributed by atoms with van der Waals surface area (Å²) >= 11 is 0. The van der Waals surface area contributed by atoms with Crippen molar-refractivity contribution in [2.75, 3.05) is 0 Å². The van der Waals surface area contributed by atoms with Gasteiger partial charge in [0.25, 0.3) is 0 Å². The van der Waals surface area contributed by atoms with Crippen molar-refractivity contribution < 1.29 is 88.3 Å². The first kappa shape index (κ1) is 37.1. The predicted molar refractivity (Wildman–Crippen MR) is 159 cm³/mol. The van der Waals surface area contributed by atoms with Gasteiger partial charge in [-0.1, -0.05) is 12.1 Å². The van der Waals surface area contributed by atoms with Gasteiger partial charge >= 0.3 is 7.12 Å². The first-order valence-electron chi connectivity index (χ1n) is 15.0. The molecule has 0 fully saturated rings. The maximum Gasteiger partial charge on any atom is 0.567 e. The summed E-state index contributed by atoms with van der Waals surface area (Å²) in [4.78, 5) is 0. The summed E-state index contributed by atoms with van der Waals surface area (Å²) in [6.45, 7) is 0. The molecule has 0 heterocycles. The van der Waals surface area contributed by atoms with E-state index in [0.717, 1.165) is 0 Å². The van der Waals surface area contributed by atoms with Crippen LogP contribution in [0, 0.1) is 93.1 Å². The van der Waals surface area contributed by atoms with E-state index in [2.05, 4.69) is 0 Å². The molecule has 56 heavy (non-hydrogen) atoms. The van der Waals surface area contributed by atoms with Crippen molar-refractivity contribution in [1.29, 1.82) is 0 Å². The minimum Gasteiger partial charge on any atom is -0.530 e. The summed E-state index contributed by atoms with van der Waals surface area (Å²) < 4.78 is 282. The van der Waals surface area contributed by atoms with Crippen LogP contribution >= 0.6 is 0 Å². The quantitative estimate of drug-likeness (QED) is 0.0746. The van der Waals surface area contributed by atoms with Crippen molar-refractivity contribution in [3.63, 3.8) is 0 Å². The summed E-state index contributed by atoms with van der Waals surface area (Å²) in [5.74, 6) is -46.5. The minimum absolute atomic E-state index is 0.128. The molecule has 2 nitrogen and oxygen atoms in total. The number of benzene rings is 7. The number of hydrogen-bond acceptors (Lipinski definition) is 2. The van der Waals surface area contributed by atoms with Gasteiger partial charge in [-0.2, -0.15) is 4.39 Å². The van der Waals surface area contributed by atoms with Crippen LogP contribution in [0.5, 0.6) is 5.75 Å². The van der Waals surface area contributed by atoms with Gasteiger partial charge < -0.3 is 9.31 Å². The van der Waals surface area contributed by atoms with Crippen molar-refractivity contribution in [3.8, 4) is 5.75 Å². The van der Waals surface area contributed by atoms with E-state index < -0.39 is 183 Å². The lowest BCUT2D eigenvalue weighted by molar-refractivity contribution is 0.187. The highest BCUT2D eigenvalue weighted by molar-refractivity contribution is 6.65. The average Bonchev–Trinajstić information content (AvgIpc) is 3.40. The zero-order valence-electron chi connectivity index (χ0n) is 26.1. The lowest BCUT2D eigenvalue weighted by Gasteiger charge is -2.25. The third-order valence-electron chi connectivity index (χ3n) is 9.19. The molecular formula is C35H5BF18O2. The van der Waals surface area contributed by atoms with Crippen LogP contribution in [0.1, 0.15) is 17.2 Å². The Balaban J connectivity index is 1.50. The average molecular weight is 810 g/mol. The number of fused-ring (bicyclic) bond motifs is 2. The smallest absolute Gasteiger partial charge is 0.530 e. The lowest BCUT2D eigenvalue weighted by Crippen LogP contribution is -2.44. The molecular weight excluding hydrogens is 805 g/mol. The molecule has 0 radical (unpaired) electrons. The first-order valence-corrected chi connectivity index (χ1v) is 15.0. The van der Waals surface area contributed by atoms with E-state index in [1.165, 1.54) is 0 Å². The maximum atomic E-state index is 16.0. The van der Waals surface area contributed by atoms with Crippen LogP contribution in [0.25, 0.3) is 48.9 Å². The fraction of sp³-hybridized carbons (Fsp3) is 0.0286. The van der Waals surface area contributed by atoms with Crippen LogP contribution in [0.3, 0.4) is 0 Å². The Labute approximate surface area is 296 Å². The molecule has 0 aromatic heterocycles. The zero-order chi connectivity index (χ0) is 40.7. The van der Waals surface area contributed by atoms with E-state index in [9.17, 15) is 39.5 Å². The molecule has 8 rings (SSSR count). The van der Waals surface area contributed by atoms with Crippen molar-refractivity contribution in [2.45, 2.75) is 6.10 Å². The highest BCUT2D eigenvalue weighted by atomic mass is 19.2. The SMILES string of the molecule is FC1=C(F)C(OB(Oc2c(F)c(F)c3c(F)c(F)c4c(F)c(F)c(F)c5c(F)c(F)c2c3c45)c2c(F)c(F)c(F)c3c(F)c(F)ccc23)c2ccc(F)c(F)c21. The van der Waals surface area contributed by atoms with Gasteiger partial charge in [0.2, 0.25) is 0 Å². The van der Waals surface area contributed by atoms with Crippen LogP contribution in [0.15, 0.2) is 30.1 Å². The number of halogens is 18. The molecule has 0 saturated carbocycles. The molecule has 7 aromatic rings. The van der Waals surface area contributed by atoms with Gasteiger partial charge in [-0.3, -0.25) is 0 Å². The molecule has 286 valence electrons. The van der Waals surface area contributed by atoms with E-state index >= 15 is 39.5 Å². The largest absolute Gasteiger partial charge is 0.567 e. The summed E-state index contributed by atoms with van der Waals surface area (Å²) in [5.41, 5.74) is -4.41. The van der Waals surface area contributed by atoms with E-state index in [-0.39, 0.29) is 18.2 Å². The Bertz CT molecular complexity index is 2960. The Morgan fingerprint density at radius 1 is 0.393 bits per heavy atom. The minimum atomic E-state index is -3.44.